The van der Waals surface area contributed by atoms with Gasteiger partial charge in [-0.25, -0.2) is 4.79 Å². The maximum atomic E-state index is 12.3. The predicted octanol–water partition coefficient (Wildman–Crippen LogP) is 0.886. The van der Waals surface area contributed by atoms with Crippen LogP contribution in [-0.2, 0) is 9.53 Å². The number of urea groups is 1. The number of imide groups is 1. The molecule has 2 aliphatic rings. The quantitative estimate of drug-likeness (QED) is 0.624. The summed E-state index contributed by atoms with van der Waals surface area (Å²) in [7, 11) is 0. The van der Waals surface area contributed by atoms with Crippen LogP contribution in [0.3, 0.4) is 0 Å². The molecule has 0 radical (unpaired) electrons. The molecule has 90 valence electrons. The Kier molecular flexibility index (Phi) is 2.45. The number of ether oxygens (including phenoxy) is 1. The fourth-order valence-electron chi connectivity index (χ4n) is 2.29. The van der Waals surface area contributed by atoms with Crippen molar-refractivity contribution in [2.24, 2.45) is 0 Å². The van der Waals surface area contributed by atoms with Crippen LogP contribution in [0.2, 0.25) is 0 Å². The first kappa shape index (κ1) is 11.4. The molecule has 0 atom stereocenters. The molecule has 1 N–H and O–H groups in total. The standard InChI is InChI=1S/C11H18N2O3/c1-10(2,3)13-8(14)11(12-9(13)15)4-6-16-7-5-11/h4-7H2,1-3H3,(H,12,15). The molecule has 5 nitrogen and oxygen atoms in total. The average Bonchev–Trinajstić information content (AvgIpc) is 2.38. The predicted molar refractivity (Wildman–Crippen MR) is 57.9 cm³/mol. The van der Waals surface area contributed by atoms with Crippen molar-refractivity contribution in [1.29, 1.82) is 0 Å². The van der Waals surface area contributed by atoms with Gasteiger partial charge in [0, 0.05) is 31.6 Å². The second-order valence-corrected chi connectivity index (χ2v) is 5.44. The number of nitrogens with one attached hydrogen (secondary N) is 1. The Morgan fingerprint density at radius 2 is 1.81 bits per heavy atom. The maximum Gasteiger partial charge on any atom is 0.325 e. The largest absolute Gasteiger partial charge is 0.381 e. The zero-order valence-corrected chi connectivity index (χ0v) is 10.0. The summed E-state index contributed by atoms with van der Waals surface area (Å²) in [6, 6.07) is -0.278. The first-order chi connectivity index (χ1) is 7.37. The molecule has 1 spiro atoms. The normalized spacial score (nSPS) is 25.1. The van der Waals surface area contributed by atoms with Crippen molar-refractivity contribution in [2.75, 3.05) is 13.2 Å². The Hall–Kier alpha value is -1.10. The highest BCUT2D eigenvalue weighted by Gasteiger charge is 2.54. The first-order valence-electron chi connectivity index (χ1n) is 5.61. The Balaban J connectivity index is 2.28. The van der Waals surface area contributed by atoms with Gasteiger partial charge in [0.15, 0.2) is 0 Å². The molecule has 0 aromatic heterocycles. The molecular weight excluding hydrogens is 208 g/mol. The third-order valence-corrected chi connectivity index (χ3v) is 3.18. The summed E-state index contributed by atoms with van der Waals surface area (Å²) >= 11 is 0. The van der Waals surface area contributed by atoms with E-state index in [1.165, 1.54) is 4.90 Å². The molecule has 0 bridgehead atoms. The zero-order valence-electron chi connectivity index (χ0n) is 10.0. The smallest absolute Gasteiger partial charge is 0.325 e. The van der Waals surface area contributed by atoms with Crippen LogP contribution in [0.1, 0.15) is 33.6 Å². The lowest BCUT2D eigenvalue weighted by molar-refractivity contribution is -0.137. The number of nitrogens with zero attached hydrogens (tertiary/aromatic N) is 1. The highest BCUT2D eigenvalue weighted by molar-refractivity contribution is 6.07. The highest BCUT2D eigenvalue weighted by Crippen LogP contribution is 2.32. The Morgan fingerprint density at radius 1 is 1.25 bits per heavy atom. The van der Waals surface area contributed by atoms with Gasteiger partial charge in [0.2, 0.25) is 0 Å². The molecule has 5 heteroatoms. The van der Waals surface area contributed by atoms with Crippen LogP contribution >= 0.6 is 0 Å². The van der Waals surface area contributed by atoms with Gasteiger partial charge in [-0.05, 0) is 20.8 Å². The van der Waals surface area contributed by atoms with Crippen molar-refractivity contribution < 1.29 is 14.3 Å². The third-order valence-electron chi connectivity index (χ3n) is 3.18. The summed E-state index contributed by atoms with van der Waals surface area (Å²) < 4.78 is 5.24. The van der Waals surface area contributed by atoms with E-state index >= 15 is 0 Å². The summed E-state index contributed by atoms with van der Waals surface area (Å²) in [5.41, 5.74) is -1.18. The Labute approximate surface area is 95.1 Å². The summed E-state index contributed by atoms with van der Waals surface area (Å²) in [5.74, 6) is -0.103. The molecule has 0 aromatic carbocycles. The topological polar surface area (TPSA) is 58.6 Å². The number of rotatable bonds is 0. The van der Waals surface area contributed by atoms with Crippen LogP contribution in [0.25, 0.3) is 0 Å². The van der Waals surface area contributed by atoms with Crippen molar-refractivity contribution in [3.05, 3.63) is 0 Å². The van der Waals surface area contributed by atoms with E-state index in [4.69, 9.17) is 4.74 Å². The SMILES string of the molecule is CC(C)(C)N1C(=O)NC2(CCOCC2)C1=O. The number of hydrogen-bond acceptors (Lipinski definition) is 3. The maximum absolute atomic E-state index is 12.3. The van der Waals surface area contributed by atoms with Crippen LogP contribution in [0.5, 0.6) is 0 Å². The van der Waals surface area contributed by atoms with E-state index in [-0.39, 0.29) is 11.9 Å². The molecule has 16 heavy (non-hydrogen) atoms. The monoisotopic (exact) mass is 226 g/mol. The molecule has 2 rings (SSSR count). The van der Waals surface area contributed by atoms with E-state index in [9.17, 15) is 9.59 Å². The van der Waals surface area contributed by atoms with Gasteiger partial charge in [0.25, 0.3) is 5.91 Å². The van der Waals surface area contributed by atoms with Crippen LogP contribution < -0.4 is 5.32 Å². The second kappa shape index (κ2) is 3.45. The zero-order chi connectivity index (χ0) is 12.0. The molecule has 2 aliphatic heterocycles. The van der Waals surface area contributed by atoms with E-state index in [0.717, 1.165) is 0 Å². The first-order valence-corrected chi connectivity index (χ1v) is 5.61. The van der Waals surface area contributed by atoms with Gasteiger partial charge in [0.1, 0.15) is 5.54 Å². The Bertz CT molecular complexity index is 327. The molecule has 0 unspecified atom stereocenters. The van der Waals surface area contributed by atoms with Gasteiger partial charge in [-0.15, -0.1) is 0 Å². The van der Waals surface area contributed by atoms with Crippen LogP contribution in [0.15, 0.2) is 0 Å². The fourth-order valence-corrected chi connectivity index (χ4v) is 2.29. The lowest BCUT2D eigenvalue weighted by Gasteiger charge is -2.33. The van der Waals surface area contributed by atoms with Crippen LogP contribution in [0, 0.1) is 0 Å². The van der Waals surface area contributed by atoms with Crippen LogP contribution in [0.4, 0.5) is 4.79 Å². The van der Waals surface area contributed by atoms with Crippen molar-refractivity contribution in [3.8, 4) is 0 Å². The molecule has 3 amide bonds. The van der Waals surface area contributed by atoms with Gasteiger partial charge in [0.05, 0.1) is 0 Å². The van der Waals surface area contributed by atoms with E-state index in [1.807, 2.05) is 20.8 Å². The van der Waals surface area contributed by atoms with Crippen molar-refractivity contribution in [1.82, 2.24) is 10.2 Å². The molecule has 2 heterocycles. The van der Waals surface area contributed by atoms with Gasteiger partial charge in [-0.1, -0.05) is 0 Å². The van der Waals surface area contributed by atoms with Crippen LogP contribution in [-0.4, -0.2) is 41.1 Å². The lowest BCUT2D eigenvalue weighted by atomic mass is 9.89. The fraction of sp³-hybridized carbons (Fsp3) is 0.818. The second-order valence-electron chi connectivity index (χ2n) is 5.44. The van der Waals surface area contributed by atoms with Gasteiger partial charge in [-0.3, -0.25) is 9.69 Å². The minimum absolute atomic E-state index is 0.103. The van der Waals surface area contributed by atoms with Crippen molar-refractivity contribution >= 4 is 11.9 Å². The molecule has 0 saturated carbocycles. The lowest BCUT2D eigenvalue weighted by Crippen LogP contribution is -2.52. The minimum atomic E-state index is -0.706. The number of amides is 3. The molecule has 2 fully saturated rings. The van der Waals surface area contributed by atoms with E-state index in [0.29, 0.717) is 26.1 Å². The summed E-state index contributed by atoms with van der Waals surface area (Å²) in [6.45, 7) is 6.66. The average molecular weight is 226 g/mol. The molecule has 0 aliphatic carbocycles. The van der Waals surface area contributed by atoms with Crippen molar-refractivity contribution in [3.63, 3.8) is 0 Å². The molecular formula is C11H18N2O3. The van der Waals surface area contributed by atoms with Gasteiger partial charge in [-0.2, -0.15) is 0 Å². The van der Waals surface area contributed by atoms with E-state index in [1.54, 1.807) is 0 Å². The summed E-state index contributed by atoms with van der Waals surface area (Å²) in [6.07, 6.45) is 1.15. The molecule has 0 aromatic rings. The minimum Gasteiger partial charge on any atom is -0.381 e. The van der Waals surface area contributed by atoms with E-state index < -0.39 is 11.1 Å². The summed E-state index contributed by atoms with van der Waals surface area (Å²) in [4.78, 5) is 25.5. The van der Waals surface area contributed by atoms with Crippen molar-refractivity contribution in [2.45, 2.75) is 44.7 Å². The number of carbonyl (C=O) groups excluding carboxylic acids is 2. The highest BCUT2D eigenvalue weighted by atomic mass is 16.5. The third kappa shape index (κ3) is 1.59. The Morgan fingerprint density at radius 3 is 2.25 bits per heavy atom. The number of hydrogen-bond donors (Lipinski definition) is 1. The number of carbonyl (C=O) groups is 2. The molecule has 2 saturated heterocycles. The van der Waals surface area contributed by atoms with Gasteiger partial charge < -0.3 is 10.1 Å². The van der Waals surface area contributed by atoms with Gasteiger partial charge >= 0.3 is 6.03 Å². The summed E-state index contributed by atoms with van der Waals surface area (Å²) in [5, 5.41) is 2.83. The van der Waals surface area contributed by atoms with E-state index in [2.05, 4.69) is 5.32 Å².